The van der Waals surface area contributed by atoms with Gasteiger partial charge in [-0.1, -0.05) is 29.8 Å². The number of hydrogen-bond donors (Lipinski definition) is 0. The maximum atomic E-state index is 13.7. The molecule has 0 spiro atoms. The van der Waals surface area contributed by atoms with Crippen LogP contribution in [0.1, 0.15) is 11.1 Å². The molecule has 0 aliphatic carbocycles. The fourth-order valence-corrected chi connectivity index (χ4v) is 2.95. The number of nitrogens with zero attached hydrogens (tertiary/aromatic N) is 2. The lowest BCUT2D eigenvalue weighted by molar-refractivity contribution is -0.135. The van der Waals surface area contributed by atoms with Crippen molar-refractivity contribution < 1.29 is 13.2 Å². The fourth-order valence-electron chi connectivity index (χ4n) is 2.95. The van der Waals surface area contributed by atoms with Crippen LogP contribution in [0.25, 0.3) is 32.7 Å². The van der Waals surface area contributed by atoms with E-state index in [4.69, 9.17) is 0 Å². The number of para-hydroxylation sites is 1. The van der Waals surface area contributed by atoms with Gasteiger partial charge in [0.25, 0.3) is 0 Å². The Hall–Kier alpha value is -2.69. The molecule has 0 saturated heterocycles. The van der Waals surface area contributed by atoms with Crippen LogP contribution in [0.2, 0.25) is 0 Å². The zero-order chi connectivity index (χ0) is 16.2. The number of benzene rings is 2. The van der Waals surface area contributed by atoms with Gasteiger partial charge < -0.3 is 0 Å². The van der Waals surface area contributed by atoms with Gasteiger partial charge in [-0.2, -0.15) is 13.2 Å². The Labute approximate surface area is 129 Å². The zero-order valence-electron chi connectivity index (χ0n) is 12.1. The van der Waals surface area contributed by atoms with Crippen LogP contribution < -0.4 is 0 Å². The van der Waals surface area contributed by atoms with Gasteiger partial charge in [-0.05, 0) is 25.1 Å². The third-order valence-corrected chi connectivity index (χ3v) is 3.95. The lowest BCUT2D eigenvalue weighted by atomic mass is 10.00. The molecule has 5 heteroatoms. The molecule has 0 atom stereocenters. The van der Waals surface area contributed by atoms with Crippen LogP contribution in [0.4, 0.5) is 13.2 Å². The second kappa shape index (κ2) is 4.65. The molecule has 0 radical (unpaired) electrons. The Balaban J connectivity index is 2.31. The zero-order valence-corrected chi connectivity index (χ0v) is 12.1. The quantitative estimate of drug-likeness (QED) is 0.327. The number of aryl methyl sites for hydroxylation is 1. The molecule has 2 heterocycles. The standard InChI is InChI=1S/C18H11F3N2/c1-10-6-7-15-12(8-10)16(18(19,20)21)13-9-22-14-5-3-2-4-11(14)17(13)23-15/h2-9H,1H3. The summed E-state index contributed by atoms with van der Waals surface area (Å²) in [6.45, 7) is 1.77. The van der Waals surface area contributed by atoms with Crippen molar-refractivity contribution in [2.24, 2.45) is 0 Å². The highest BCUT2D eigenvalue weighted by atomic mass is 19.4. The molecule has 0 fully saturated rings. The van der Waals surface area contributed by atoms with Crippen molar-refractivity contribution in [1.82, 2.24) is 9.97 Å². The summed E-state index contributed by atoms with van der Waals surface area (Å²) in [4.78, 5) is 8.65. The number of halogens is 3. The molecule has 0 aliphatic heterocycles. The first-order chi connectivity index (χ1) is 10.9. The van der Waals surface area contributed by atoms with Gasteiger partial charge in [0.2, 0.25) is 0 Å². The van der Waals surface area contributed by atoms with E-state index in [0.717, 1.165) is 5.56 Å². The average Bonchev–Trinajstić information content (AvgIpc) is 2.51. The van der Waals surface area contributed by atoms with Crippen molar-refractivity contribution in [3.63, 3.8) is 0 Å². The summed E-state index contributed by atoms with van der Waals surface area (Å²) in [5, 5.41) is 0.773. The molecule has 0 N–H and O–H groups in total. The Morgan fingerprint density at radius 1 is 0.870 bits per heavy atom. The van der Waals surface area contributed by atoms with Crippen molar-refractivity contribution in [2.75, 3.05) is 0 Å². The predicted molar refractivity (Wildman–Crippen MR) is 84.3 cm³/mol. The number of pyridine rings is 2. The predicted octanol–water partition coefficient (Wildman–Crippen LogP) is 5.26. The summed E-state index contributed by atoms with van der Waals surface area (Å²) in [7, 11) is 0. The van der Waals surface area contributed by atoms with Crippen molar-refractivity contribution in [3.8, 4) is 0 Å². The normalized spacial score (nSPS) is 12.3. The molecule has 4 aromatic rings. The van der Waals surface area contributed by atoms with Crippen LogP contribution in [-0.4, -0.2) is 9.97 Å². The van der Waals surface area contributed by atoms with Gasteiger partial charge in [0, 0.05) is 22.4 Å². The van der Waals surface area contributed by atoms with E-state index in [0.29, 0.717) is 21.9 Å². The van der Waals surface area contributed by atoms with Gasteiger partial charge in [-0.25, -0.2) is 4.98 Å². The highest BCUT2D eigenvalue weighted by molar-refractivity contribution is 6.09. The highest BCUT2D eigenvalue weighted by Crippen LogP contribution is 2.40. The van der Waals surface area contributed by atoms with Gasteiger partial charge in [0.1, 0.15) is 0 Å². The second-order valence-corrected chi connectivity index (χ2v) is 5.54. The number of alkyl halides is 3. The summed E-state index contributed by atoms with van der Waals surface area (Å²) in [5.74, 6) is 0. The number of hydrogen-bond acceptors (Lipinski definition) is 2. The lowest BCUT2D eigenvalue weighted by Crippen LogP contribution is -2.08. The summed E-state index contributed by atoms with van der Waals surface area (Å²) in [6.07, 6.45) is -3.20. The molecular weight excluding hydrogens is 301 g/mol. The molecule has 0 saturated carbocycles. The lowest BCUT2D eigenvalue weighted by Gasteiger charge is -2.15. The Bertz CT molecular complexity index is 1070. The Morgan fingerprint density at radius 2 is 1.65 bits per heavy atom. The highest BCUT2D eigenvalue weighted by Gasteiger charge is 2.35. The average molecular weight is 312 g/mol. The van der Waals surface area contributed by atoms with Gasteiger partial charge in [-0.3, -0.25) is 4.98 Å². The fraction of sp³-hybridized carbons (Fsp3) is 0.111. The number of aromatic nitrogens is 2. The first-order valence-corrected chi connectivity index (χ1v) is 7.10. The Kier molecular flexibility index (Phi) is 2.82. The molecule has 2 aromatic heterocycles. The van der Waals surface area contributed by atoms with Crippen molar-refractivity contribution in [2.45, 2.75) is 13.1 Å². The van der Waals surface area contributed by atoms with E-state index >= 15 is 0 Å². The van der Waals surface area contributed by atoms with E-state index in [1.54, 1.807) is 43.3 Å². The molecule has 2 aromatic carbocycles. The molecule has 2 nitrogen and oxygen atoms in total. The van der Waals surface area contributed by atoms with E-state index in [1.165, 1.54) is 12.3 Å². The smallest absolute Gasteiger partial charge is 0.255 e. The second-order valence-electron chi connectivity index (χ2n) is 5.54. The molecule has 0 amide bonds. The molecule has 0 aliphatic rings. The van der Waals surface area contributed by atoms with Gasteiger partial charge in [0.15, 0.2) is 0 Å². The largest absolute Gasteiger partial charge is 0.417 e. The number of fused-ring (bicyclic) bond motifs is 4. The molecule has 23 heavy (non-hydrogen) atoms. The van der Waals surface area contributed by atoms with Gasteiger partial charge >= 0.3 is 6.18 Å². The van der Waals surface area contributed by atoms with E-state index in [2.05, 4.69) is 9.97 Å². The third kappa shape index (κ3) is 2.11. The van der Waals surface area contributed by atoms with E-state index in [-0.39, 0.29) is 10.8 Å². The molecule has 0 unspecified atom stereocenters. The van der Waals surface area contributed by atoms with Crippen molar-refractivity contribution in [1.29, 1.82) is 0 Å². The molecule has 0 bridgehead atoms. The van der Waals surface area contributed by atoms with Crippen molar-refractivity contribution in [3.05, 3.63) is 59.8 Å². The monoisotopic (exact) mass is 312 g/mol. The minimum absolute atomic E-state index is 0.0364. The van der Waals surface area contributed by atoms with Gasteiger partial charge in [-0.15, -0.1) is 0 Å². The third-order valence-electron chi connectivity index (χ3n) is 3.95. The first-order valence-electron chi connectivity index (χ1n) is 7.10. The maximum Gasteiger partial charge on any atom is 0.417 e. The van der Waals surface area contributed by atoms with E-state index in [9.17, 15) is 13.2 Å². The SMILES string of the molecule is Cc1ccc2nc3c(cnc4ccccc43)c(C(F)(F)F)c2c1. The number of rotatable bonds is 0. The van der Waals surface area contributed by atoms with E-state index < -0.39 is 11.7 Å². The van der Waals surface area contributed by atoms with E-state index in [1.807, 2.05) is 0 Å². The summed E-state index contributed by atoms with van der Waals surface area (Å²) in [5.41, 5.74) is 1.40. The van der Waals surface area contributed by atoms with Gasteiger partial charge in [0.05, 0.1) is 22.1 Å². The minimum Gasteiger partial charge on any atom is -0.255 e. The molecule has 4 rings (SSSR count). The summed E-state index contributed by atoms with van der Waals surface area (Å²) in [6, 6.07) is 12.0. The first kappa shape index (κ1) is 13.9. The van der Waals surface area contributed by atoms with Crippen LogP contribution in [0.5, 0.6) is 0 Å². The summed E-state index contributed by atoms with van der Waals surface area (Å²) < 4.78 is 41.2. The minimum atomic E-state index is -4.47. The van der Waals surface area contributed by atoms with Crippen LogP contribution in [0.15, 0.2) is 48.7 Å². The maximum absolute atomic E-state index is 13.7. The molecule has 114 valence electrons. The van der Waals surface area contributed by atoms with Crippen LogP contribution in [-0.2, 0) is 6.18 Å². The molecular formula is C18H11F3N2. The van der Waals surface area contributed by atoms with Crippen LogP contribution in [0.3, 0.4) is 0 Å². The topological polar surface area (TPSA) is 25.8 Å². The van der Waals surface area contributed by atoms with Crippen molar-refractivity contribution >= 4 is 32.7 Å². The Morgan fingerprint density at radius 3 is 2.43 bits per heavy atom. The summed E-state index contributed by atoms with van der Waals surface area (Å²) >= 11 is 0. The van der Waals surface area contributed by atoms with Crippen LogP contribution >= 0.6 is 0 Å². The van der Waals surface area contributed by atoms with Crippen LogP contribution in [0, 0.1) is 6.92 Å².